The second kappa shape index (κ2) is 4.81. The number of hydrogen-bond acceptors (Lipinski definition) is 4. The van der Waals surface area contributed by atoms with E-state index < -0.39 is 10.9 Å². The molecule has 1 saturated carbocycles. The van der Waals surface area contributed by atoms with Gasteiger partial charge in [0.25, 0.3) is 5.69 Å². The summed E-state index contributed by atoms with van der Waals surface area (Å²) in [6, 6.07) is 2.38. The predicted molar refractivity (Wildman–Crippen MR) is 66.3 cm³/mol. The maximum atomic E-state index is 11.1. The van der Waals surface area contributed by atoms with Crippen molar-refractivity contribution in [3.63, 3.8) is 0 Å². The number of non-ortho nitro benzene ring substituents is 1. The van der Waals surface area contributed by atoms with Crippen molar-refractivity contribution in [2.75, 3.05) is 5.32 Å². The molecule has 1 aliphatic carbocycles. The molecule has 18 heavy (non-hydrogen) atoms. The number of carbonyl (C=O) groups is 1. The minimum absolute atomic E-state index is 0.0634. The van der Waals surface area contributed by atoms with Gasteiger partial charge in [-0.25, -0.2) is 4.79 Å². The summed E-state index contributed by atoms with van der Waals surface area (Å²) in [6.07, 6.45) is 2.99. The number of aromatic carboxylic acids is 1. The van der Waals surface area contributed by atoms with E-state index in [2.05, 4.69) is 5.32 Å². The third-order valence-corrected chi connectivity index (χ3v) is 3.27. The molecule has 0 aliphatic heterocycles. The van der Waals surface area contributed by atoms with Crippen LogP contribution in [-0.4, -0.2) is 22.0 Å². The van der Waals surface area contributed by atoms with Crippen molar-refractivity contribution in [1.82, 2.24) is 0 Å². The molecule has 0 spiro atoms. The Balaban J connectivity index is 2.42. The van der Waals surface area contributed by atoms with Crippen LogP contribution in [0.1, 0.15) is 29.6 Å². The maximum Gasteiger partial charge on any atom is 0.338 e. The van der Waals surface area contributed by atoms with Gasteiger partial charge in [0.1, 0.15) is 0 Å². The fourth-order valence-corrected chi connectivity index (χ4v) is 2.04. The van der Waals surface area contributed by atoms with Crippen molar-refractivity contribution in [3.8, 4) is 0 Å². The van der Waals surface area contributed by atoms with Gasteiger partial charge in [0.05, 0.1) is 21.2 Å². The summed E-state index contributed by atoms with van der Waals surface area (Å²) in [6.45, 7) is 0. The van der Waals surface area contributed by atoms with Gasteiger partial charge in [-0.2, -0.15) is 0 Å². The number of hydrogen-bond donors (Lipinski definition) is 2. The first-order valence-corrected chi connectivity index (χ1v) is 5.84. The molecule has 0 aromatic heterocycles. The number of halogens is 1. The third kappa shape index (κ3) is 2.38. The number of anilines is 1. The zero-order valence-corrected chi connectivity index (χ0v) is 10.1. The number of benzene rings is 1. The van der Waals surface area contributed by atoms with Crippen LogP contribution < -0.4 is 5.32 Å². The summed E-state index contributed by atoms with van der Waals surface area (Å²) >= 11 is 5.92. The van der Waals surface area contributed by atoms with Crippen LogP contribution in [0, 0.1) is 10.1 Å². The highest BCUT2D eigenvalue weighted by Gasteiger charge is 2.24. The molecular formula is C11H11ClN2O4. The van der Waals surface area contributed by atoms with Gasteiger partial charge in [-0.15, -0.1) is 0 Å². The van der Waals surface area contributed by atoms with Crippen LogP contribution in [0.2, 0.25) is 5.02 Å². The normalized spacial score (nSPS) is 14.9. The van der Waals surface area contributed by atoms with Gasteiger partial charge in [0.2, 0.25) is 0 Å². The molecule has 0 atom stereocenters. The number of rotatable bonds is 4. The second-order valence-electron chi connectivity index (χ2n) is 4.18. The summed E-state index contributed by atoms with van der Waals surface area (Å²) in [7, 11) is 0. The summed E-state index contributed by atoms with van der Waals surface area (Å²) in [5.41, 5.74) is -0.225. The Morgan fingerprint density at radius 1 is 1.50 bits per heavy atom. The van der Waals surface area contributed by atoms with Crippen LogP contribution >= 0.6 is 11.6 Å². The van der Waals surface area contributed by atoms with E-state index in [-0.39, 0.29) is 28.0 Å². The fourth-order valence-electron chi connectivity index (χ4n) is 1.77. The Hall–Kier alpha value is -1.82. The average molecular weight is 271 g/mol. The van der Waals surface area contributed by atoms with Gasteiger partial charge in [-0.1, -0.05) is 11.6 Å². The number of nitro benzene ring substituents is 1. The van der Waals surface area contributed by atoms with Crippen molar-refractivity contribution in [3.05, 3.63) is 32.8 Å². The van der Waals surface area contributed by atoms with Crippen LogP contribution in [0.3, 0.4) is 0 Å². The molecule has 0 heterocycles. The van der Waals surface area contributed by atoms with Gasteiger partial charge in [0, 0.05) is 18.2 Å². The Bertz CT molecular complexity index is 514. The first-order chi connectivity index (χ1) is 8.49. The molecule has 96 valence electrons. The van der Waals surface area contributed by atoms with E-state index in [0.717, 1.165) is 31.4 Å². The number of nitrogens with one attached hydrogen (secondary N) is 1. The van der Waals surface area contributed by atoms with Crippen LogP contribution in [0.5, 0.6) is 0 Å². The first kappa shape index (κ1) is 12.6. The van der Waals surface area contributed by atoms with Crippen molar-refractivity contribution >= 4 is 28.9 Å². The van der Waals surface area contributed by atoms with Crippen molar-refractivity contribution in [2.24, 2.45) is 0 Å². The maximum absolute atomic E-state index is 11.1. The average Bonchev–Trinajstić information content (AvgIpc) is 2.23. The summed E-state index contributed by atoms with van der Waals surface area (Å²) in [4.78, 5) is 21.1. The van der Waals surface area contributed by atoms with Crippen molar-refractivity contribution in [1.29, 1.82) is 0 Å². The van der Waals surface area contributed by atoms with E-state index in [9.17, 15) is 14.9 Å². The molecule has 1 aromatic rings. The molecule has 2 rings (SSSR count). The number of nitrogens with zero attached hydrogens (tertiary/aromatic N) is 1. The molecule has 0 unspecified atom stereocenters. The van der Waals surface area contributed by atoms with E-state index in [0.29, 0.717) is 0 Å². The zero-order chi connectivity index (χ0) is 13.3. The molecular weight excluding hydrogens is 260 g/mol. The van der Waals surface area contributed by atoms with Gasteiger partial charge >= 0.3 is 5.97 Å². The first-order valence-electron chi connectivity index (χ1n) is 5.47. The Morgan fingerprint density at radius 2 is 2.17 bits per heavy atom. The standard InChI is InChI=1S/C11H11ClN2O4/c12-9-5-7(14(17)18)4-8(11(15)16)10(9)13-6-2-1-3-6/h4-6,13H,1-3H2,(H,15,16). The summed E-state index contributed by atoms with van der Waals surface area (Å²) in [5, 5.41) is 22.8. The highest BCUT2D eigenvalue weighted by Crippen LogP contribution is 2.34. The van der Waals surface area contributed by atoms with E-state index in [1.54, 1.807) is 0 Å². The molecule has 6 nitrogen and oxygen atoms in total. The highest BCUT2D eigenvalue weighted by atomic mass is 35.5. The molecule has 1 fully saturated rings. The summed E-state index contributed by atoms with van der Waals surface area (Å²) < 4.78 is 0. The molecule has 1 aliphatic rings. The molecule has 1 aromatic carbocycles. The topological polar surface area (TPSA) is 92.5 Å². The lowest BCUT2D eigenvalue weighted by Gasteiger charge is -2.28. The Morgan fingerprint density at radius 3 is 2.61 bits per heavy atom. The fraction of sp³-hybridized carbons (Fsp3) is 0.364. The van der Waals surface area contributed by atoms with Gasteiger partial charge in [-0.05, 0) is 19.3 Å². The minimum Gasteiger partial charge on any atom is -0.478 e. The molecule has 0 bridgehead atoms. The second-order valence-corrected chi connectivity index (χ2v) is 4.59. The lowest BCUT2D eigenvalue weighted by atomic mass is 9.92. The Labute approximate surface area is 108 Å². The molecule has 0 saturated heterocycles. The van der Waals surface area contributed by atoms with Crippen LogP contribution in [0.15, 0.2) is 12.1 Å². The van der Waals surface area contributed by atoms with Crippen molar-refractivity contribution < 1.29 is 14.8 Å². The molecule has 0 radical (unpaired) electrons. The van der Waals surface area contributed by atoms with Crippen LogP contribution in [0.25, 0.3) is 0 Å². The number of carboxylic acid groups (broad SMARTS) is 1. The monoisotopic (exact) mass is 270 g/mol. The highest BCUT2D eigenvalue weighted by molar-refractivity contribution is 6.34. The quantitative estimate of drug-likeness (QED) is 0.648. The summed E-state index contributed by atoms with van der Waals surface area (Å²) in [5.74, 6) is -1.23. The van der Waals surface area contributed by atoms with Crippen LogP contribution in [0.4, 0.5) is 11.4 Å². The number of nitro groups is 1. The minimum atomic E-state index is -1.23. The molecule has 0 amide bonds. The lowest BCUT2D eigenvalue weighted by Crippen LogP contribution is -2.28. The van der Waals surface area contributed by atoms with Crippen LogP contribution in [-0.2, 0) is 0 Å². The molecule has 7 heteroatoms. The number of carboxylic acids is 1. The van der Waals surface area contributed by atoms with E-state index in [4.69, 9.17) is 16.7 Å². The largest absolute Gasteiger partial charge is 0.478 e. The third-order valence-electron chi connectivity index (χ3n) is 2.97. The Kier molecular flexibility index (Phi) is 3.38. The lowest BCUT2D eigenvalue weighted by molar-refractivity contribution is -0.384. The zero-order valence-electron chi connectivity index (χ0n) is 9.35. The van der Waals surface area contributed by atoms with Gasteiger partial charge in [-0.3, -0.25) is 10.1 Å². The SMILES string of the molecule is O=C(O)c1cc([N+](=O)[O-])cc(Cl)c1NC1CCC1. The smallest absolute Gasteiger partial charge is 0.338 e. The van der Waals surface area contributed by atoms with Gasteiger partial charge < -0.3 is 10.4 Å². The van der Waals surface area contributed by atoms with Crippen molar-refractivity contribution in [2.45, 2.75) is 25.3 Å². The van der Waals surface area contributed by atoms with E-state index in [1.165, 1.54) is 0 Å². The van der Waals surface area contributed by atoms with Gasteiger partial charge in [0.15, 0.2) is 0 Å². The predicted octanol–water partition coefficient (Wildman–Crippen LogP) is 2.91. The van der Waals surface area contributed by atoms with E-state index >= 15 is 0 Å². The molecule has 2 N–H and O–H groups in total. The van der Waals surface area contributed by atoms with E-state index in [1.807, 2.05) is 0 Å².